The van der Waals surface area contributed by atoms with Gasteiger partial charge < -0.3 is 15.4 Å². The summed E-state index contributed by atoms with van der Waals surface area (Å²) in [4.78, 5) is 2.13. The standard InChI is InChI=1S/C15H23N3O/c1-15(2)9-8-11(19-15)10-18(3)13-7-5-4-6-12(13)14(16)17/h4-7,11H,8-10H2,1-3H3,(H3,16,17). The van der Waals surface area contributed by atoms with Crippen LogP contribution in [-0.2, 0) is 4.74 Å². The van der Waals surface area contributed by atoms with Gasteiger partial charge in [0.1, 0.15) is 5.84 Å². The third-order valence-corrected chi connectivity index (χ3v) is 3.64. The maximum absolute atomic E-state index is 7.64. The first kappa shape index (κ1) is 13.9. The molecule has 0 amide bonds. The van der Waals surface area contributed by atoms with Crippen molar-refractivity contribution in [3.05, 3.63) is 29.8 Å². The fourth-order valence-corrected chi connectivity index (χ4v) is 2.64. The van der Waals surface area contributed by atoms with E-state index in [-0.39, 0.29) is 17.5 Å². The second-order valence-electron chi connectivity index (χ2n) is 5.85. The number of anilines is 1. The lowest BCUT2D eigenvalue weighted by atomic mass is 10.1. The third-order valence-electron chi connectivity index (χ3n) is 3.64. The number of benzene rings is 1. The summed E-state index contributed by atoms with van der Waals surface area (Å²) in [7, 11) is 2.02. The number of para-hydroxylation sites is 1. The Hall–Kier alpha value is -1.55. The molecule has 104 valence electrons. The lowest BCUT2D eigenvalue weighted by Gasteiger charge is -2.26. The van der Waals surface area contributed by atoms with E-state index in [0.29, 0.717) is 0 Å². The largest absolute Gasteiger partial charge is 0.384 e. The van der Waals surface area contributed by atoms with Crippen molar-refractivity contribution in [2.24, 2.45) is 5.73 Å². The molecule has 2 rings (SSSR count). The van der Waals surface area contributed by atoms with Gasteiger partial charge in [0, 0.05) is 24.8 Å². The van der Waals surface area contributed by atoms with Gasteiger partial charge in [-0.1, -0.05) is 12.1 Å². The van der Waals surface area contributed by atoms with Crippen LogP contribution in [0.2, 0.25) is 0 Å². The van der Waals surface area contributed by atoms with E-state index in [1.54, 1.807) is 0 Å². The van der Waals surface area contributed by atoms with Gasteiger partial charge in [-0.05, 0) is 38.8 Å². The van der Waals surface area contributed by atoms with E-state index in [1.807, 2.05) is 31.3 Å². The number of ether oxygens (including phenoxy) is 1. The fraction of sp³-hybridized carbons (Fsp3) is 0.533. The Morgan fingerprint density at radius 2 is 2.16 bits per heavy atom. The number of rotatable bonds is 4. The van der Waals surface area contributed by atoms with E-state index in [4.69, 9.17) is 15.9 Å². The summed E-state index contributed by atoms with van der Waals surface area (Å²) >= 11 is 0. The molecule has 1 atom stereocenters. The first-order valence-corrected chi connectivity index (χ1v) is 6.71. The molecular weight excluding hydrogens is 238 g/mol. The van der Waals surface area contributed by atoms with Crippen molar-refractivity contribution in [1.29, 1.82) is 5.41 Å². The molecule has 1 aromatic carbocycles. The number of hydrogen-bond acceptors (Lipinski definition) is 3. The van der Waals surface area contributed by atoms with Gasteiger partial charge in [-0.3, -0.25) is 5.41 Å². The molecule has 0 bridgehead atoms. The summed E-state index contributed by atoms with van der Waals surface area (Å²) in [6.07, 6.45) is 2.43. The number of nitrogen functional groups attached to an aromatic ring is 1. The Kier molecular flexibility index (Phi) is 3.80. The summed E-state index contributed by atoms with van der Waals surface area (Å²) in [5.74, 6) is 0.107. The molecule has 1 aliphatic rings. The number of amidine groups is 1. The second kappa shape index (κ2) is 5.21. The van der Waals surface area contributed by atoms with Crippen LogP contribution in [0.25, 0.3) is 0 Å². The van der Waals surface area contributed by atoms with Gasteiger partial charge in [0.15, 0.2) is 0 Å². The van der Waals surface area contributed by atoms with Crippen LogP contribution in [0.15, 0.2) is 24.3 Å². The van der Waals surface area contributed by atoms with E-state index in [1.165, 1.54) is 0 Å². The molecule has 1 aliphatic heterocycles. The van der Waals surface area contributed by atoms with Crippen molar-refractivity contribution in [2.75, 3.05) is 18.5 Å². The summed E-state index contributed by atoms with van der Waals surface area (Å²) in [6, 6.07) is 7.76. The van der Waals surface area contributed by atoms with Crippen molar-refractivity contribution in [3.8, 4) is 0 Å². The normalized spacial score (nSPS) is 21.3. The minimum atomic E-state index is -0.00833. The highest BCUT2D eigenvalue weighted by Gasteiger charge is 2.32. The number of nitrogens with two attached hydrogens (primary N) is 1. The molecule has 19 heavy (non-hydrogen) atoms. The molecule has 0 aliphatic carbocycles. The number of nitrogens with zero attached hydrogens (tertiary/aromatic N) is 1. The predicted octanol–water partition coefficient (Wildman–Crippen LogP) is 2.36. The molecular formula is C15H23N3O. The Bertz CT molecular complexity index is 470. The van der Waals surface area contributed by atoms with Crippen LogP contribution in [0.5, 0.6) is 0 Å². The quantitative estimate of drug-likeness (QED) is 0.646. The van der Waals surface area contributed by atoms with E-state index < -0.39 is 0 Å². The van der Waals surface area contributed by atoms with Gasteiger partial charge >= 0.3 is 0 Å². The summed E-state index contributed by atoms with van der Waals surface area (Å²) in [5.41, 5.74) is 7.39. The minimum absolute atomic E-state index is 0.00833. The number of likely N-dealkylation sites (N-methyl/N-ethyl adjacent to an activating group) is 1. The Morgan fingerprint density at radius 3 is 2.74 bits per heavy atom. The second-order valence-corrected chi connectivity index (χ2v) is 5.85. The Labute approximate surface area is 115 Å². The number of nitrogens with one attached hydrogen (secondary N) is 1. The van der Waals surface area contributed by atoms with E-state index in [9.17, 15) is 0 Å². The van der Waals surface area contributed by atoms with Crippen molar-refractivity contribution in [3.63, 3.8) is 0 Å². The molecule has 1 fully saturated rings. The predicted molar refractivity (Wildman–Crippen MR) is 78.9 cm³/mol. The van der Waals surface area contributed by atoms with E-state index in [0.717, 1.165) is 30.6 Å². The van der Waals surface area contributed by atoms with E-state index in [2.05, 4.69) is 18.7 Å². The molecule has 0 radical (unpaired) electrons. The van der Waals surface area contributed by atoms with Crippen LogP contribution in [0.3, 0.4) is 0 Å². The zero-order valence-electron chi connectivity index (χ0n) is 11.9. The molecule has 1 saturated heterocycles. The topological polar surface area (TPSA) is 62.3 Å². The summed E-state index contributed by atoms with van der Waals surface area (Å²) in [5, 5.41) is 7.64. The van der Waals surface area contributed by atoms with Crippen LogP contribution < -0.4 is 10.6 Å². The van der Waals surface area contributed by atoms with Crippen molar-refractivity contribution < 1.29 is 4.74 Å². The van der Waals surface area contributed by atoms with Gasteiger partial charge in [-0.25, -0.2) is 0 Å². The molecule has 3 N–H and O–H groups in total. The lowest BCUT2D eigenvalue weighted by molar-refractivity contribution is -0.0111. The fourth-order valence-electron chi connectivity index (χ4n) is 2.64. The molecule has 1 heterocycles. The van der Waals surface area contributed by atoms with E-state index >= 15 is 0 Å². The van der Waals surface area contributed by atoms with Crippen LogP contribution in [-0.4, -0.2) is 31.1 Å². The van der Waals surface area contributed by atoms with Crippen LogP contribution in [0.4, 0.5) is 5.69 Å². The summed E-state index contributed by atoms with van der Waals surface area (Å²) in [6.45, 7) is 5.10. The van der Waals surface area contributed by atoms with Crippen molar-refractivity contribution in [2.45, 2.75) is 38.4 Å². The zero-order chi connectivity index (χ0) is 14.0. The van der Waals surface area contributed by atoms with Gasteiger partial charge in [-0.15, -0.1) is 0 Å². The van der Waals surface area contributed by atoms with Crippen LogP contribution in [0, 0.1) is 5.41 Å². The zero-order valence-corrected chi connectivity index (χ0v) is 11.9. The minimum Gasteiger partial charge on any atom is -0.384 e. The molecule has 0 saturated carbocycles. The first-order chi connectivity index (χ1) is 8.89. The van der Waals surface area contributed by atoms with Crippen molar-refractivity contribution >= 4 is 11.5 Å². The Morgan fingerprint density at radius 1 is 1.47 bits per heavy atom. The molecule has 4 heteroatoms. The molecule has 1 unspecified atom stereocenters. The Balaban J connectivity index is 2.08. The molecule has 0 aromatic heterocycles. The monoisotopic (exact) mass is 261 g/mol. The van der Waals surface area contributed by atoms with Crippen LogP contribution in [0.1, 0.15) is 32.3 Å². The van der Waals surface area contributed by atoms with Crippen LogP contribution >= 0.6 is 0 Å². The molecule has 1 aromatic rings. The number of hydrogen-bond donors (Lipinski definition) is 2. The van der Waals surface area contributed by atoms with Crippen molar-refractivity contribution in [1.82, 2.24) is 0 Å². The highest BCUT2D eigenvalue weighted by Crippen LogP contribution is 2.30. The van der Waals surface area contributed by atoms with Gasteiger partial charge in [-0.2, -0.15) is 0 Å². The van der Waals surface area contributed by atoms with Gasteiger partial charge in [0.2, 0.25) is 0 Å². The third kappa shape index (κ3) is 3.26. The lowest BCUT2D eigenvalue weighted by Crippen LogP contribution is -2.32. The average Bonchev–Trinajstić information content (AvgIpc) is 2.68. The van der Waals surface area contributed by atoms with Gasteiger partial charge in [0.25, 0.3) is 0 Å². The smallest absolute Gasteiger partial charge is 0.124 e. The highest BCUT2D eigenvalue weighted by molar-refractivity contribution is 6.00. The SMILES string of the molecule is CN(CC1CCC(C)(C)O1)c1ccccc1C(=N)N. The summed E-state index contributed by atoms with van der Waals surface area (Å²) < 4.78 is 6.01. The molecule has 4 nitrogen and oxygen atoms in total. The maximum Gasteiger partial charge on any atom is 0.124 e. The average molecular weight is 261 g/mol. The first-order valence-electron chi connectivity index (χ1n) is 6.71. The maximum atomic E-state index is 7.64. The highest BCUT2D eigenvalue weighted by atomic mass is 16.5. The van der Waals surface area contributed by atoms with Gasteiger partial charge in [0.05, 0.1) is 11.7 Å². The molecule has 0 spiro atoms.